The number of nitrogens with one attached hydrogen (secondary N) is 1. The quantitative estimate of drug-likeness (QED) is 0.921. The number of aryl methyl sites for hydroxylation is 1. The van der Waals surface area contributed by atoms with E-state index in [4.69, 9.17) is 9.47 Å². The maximum atomic E-state index is 5.95. The van der Waals surface area contributed by atoms with Crippen LogP contribution in [0.1, 0.15) is 18.3 Å². The van der Waals surface area contributed by atoms with Crippen LogP contribution in [0.25, 0.3) is 0 Å². The second-order valence-corrected chi connectivity index (χ2v) is 5.87. The Morgan fingerprint density at radius 3 is 2.82 bits per heavy atom. The first-order chi connectivity index (χ1) is 10.6. The fourth-order valence-electron chi connectivity index (χ4n) is 2.58. The molecule has 1 aromatic carbocycles. The van der Waals surface area contributed by atoms with E-state index in [2.05, 4.69) is 28.7 Å². The molecular weight excluding hydrogens is 278 g/mol. The summed E-state index contributed by atoms with van der Waals surface area (Å²) in [4.78, 5) is 4.33. The van der Waals surface area contributed by atoms with Crippen molar-refractivity contribution in [1.82, 2.24) is 14.9 Å². The number of rotatable bonds is 5. The predicted molar refractivity (Wildman–Crippen MR) is 85.5 cm³/mol. The molecule has 2 aromatic rings. The largest absolute Gasteiger partial charge is 0.486 e. The van der Waals surface area contributed by atoms with Crippen LogP contribution in [0.5, 0.6) is 11.5 Å². The zero-order valence-corrected chi connectivity index (χ0v) is 13.4. The van der Waals surface area contributed by atoms with Crippen LogP contribution in [0.4, 0.5) is 0 Å². The van der Waals surface area contributed by atoms with Gasteiger partial charge in [0.1, 0.15) is 12.7 Å². The van der Waals surface area contributed by atoms with Gasteiger partial charge in [0.25, 0.3) is 0 Å². The Labute approximate surface area is 131 Å². The zero-order valence-electron chi connectivity index (χ0n) is 13.4. The summed E-state index contributed by atoms with van der Waals surface area (Å²) in [5.74, 6) is 1.66. The van der Waals surface area contributed by atoms with E-state index in [1.807, 2.05) is 37.5 Å². The number of hydrogen-bond acceptors (Lipinski definition) is 4. The number of imidazole rings is 1. The summed E-state index contributed by atoms with van der Waals surface area (Å²) in [6, 6.07) is 8.14. The number of ether oxygens (including phenoxy) is 2. The van der Waals surface area contributed by atoms with E-state index in [0.29, 0.717) is 12.6 Å². The molecule has 2 heterocycles. The van der Waals surface area contributed by atoms with E-state index in [9.17, 15) is 0 Å². The van der Waals surface area contributed by atoms with Gasteiger partial charge in [-0.05, 0) is 32.9 Å². The van der Waals surface area contributed by atoms with Gasteiger partial charge in [-0.3, -0.25) is 0 Å². The average Bonchev–Trinajstić information content (AvgIpc) is 2.85. The summed E-state index contributed by atoms with van der Waals surface area (Å²) in [6.45, 7) is 8.56. The number of hydrogen-bond donors (Lipinski definition) is 1. The second-order valence-electron chi connectivity index (χ2n) is 5.87. The van der Waals surface area contributed by atoms with Gasteiger partial charge >= 0.3 is 0 Å². The van der Waals surface area contributed by atoms with E-state index in [-0.39, 0.29) is 6.10 Å². The van der Waals surface area contributed by atoms with Gasteiger partial charge in [0.15, 0.2) is 11.5 Å². The average molecular weight is 301 g/mol. The minimum absolute atomic E-state index is 0.0444. The van der Waals surface area contributed by atoms with E-state index < -0.39 is 0 Å². The number of para-hydroxylation sites is 2. The fourth-order valence-corrected chi connectivity index (χ4v) is 2.58. The minimum Gasteiger partial charge on any atom is -0.486 e. The number of benzene rings is 1. The molecule has 0 spiro atoms. The Kier molecular flexibility index (Phi) is 4.34. The molecule has 0 saturated carbocycles. The van der Waals surface area contributed by atoms with Crippen LogP contribution < -0.4 is 14.8 Å². The molecule has 2 unspecified atom stereocenters. The van der Waals surface area contributed by atoms with Gasteiger partial charge in [0, 0.05) is 24.8 Å². The highest BCUT2D eigenvalue weighted by atomic mass is 16.6. The first kappa shape index (κ1) is 14.9. The maximum Gasteiger partial charge on any atom is 0.161 e. The number of fused-ring (bicyclic) bond motifs is 1. The Morgan fingerprint density at radius 1 is 1.32 bits per heavy atom. The summed E-state index contributed by atoms with van der Waals surface area (Å²) in [5, 5.41) is 3.51. The summed E-state index contributed by atoms with van der Waals surface area (Å²) in [7, 11) is 0. The topological polar surface area (TPSA) is 48.3 Å². The van der Waals surface area contributed by atoms with Gasteiger partial charge < -0.3 is 19.4 Å². The van der Waals surface area contributed by atoms with Crippen molar-refractivity contribution < 1.29 is 9.47 Å². The van der Waals surface area contributed by atoms with Crippen molar-refractivity contribution in [3.8, 4) is 11.5 Å². The van der Waals surface area contributed by atoms with Crippen LogP contribution in [-0.4, -0.2) is 34.8 Å². The molecule has 2 atom stereocenters. The molecule has 1 aromatic heterocycles. The van der Waals surface area contributed by atoms with Crippen molar-refractivity contribution in [2.24, 2.45) is 0 Å². The molecule has 0 fully saturated rings. The van der Waals surface area contributed by atoms with Crippen LogP contribution in [0, 0.1) is 13.8 Å². The Bertz CT molecular complexity index is 639. The van der Waals surface area contributed by atoms with Crippen LogP contribution in [-0.2, 0) is 6.54 Å². The molecule has 0 aliphatic carbocycles. The summed E-state index contributed by atoms with van der Waals surface area (Å²) < 4.78 is 13.9. The monoisotopic (exact) mass is 301 g/mol. The van der Waals surface area contributed by atoms with Crippen molar-refractivity contribution in [1.29, 1.82) is 0 Å². The van der Waals surface area contributed by atoms with E-state index in [1.165, 1.54) is 5.69 Å². The molecule has 22 heavy (non-hydrogen) atoms. The highest BCUT2D eigenvalue weighted by Gasteiger charge is 2.20. The SMILES string of the molecule is Cc1ncn(CC(C)NCC2COc3ccccc3O2)c1C. The third kappa shape index (κ3) is 3.25. The Morgan fingerprint density at radius 2 is 2.09 bits per heavy atom. The van der Waals surface area contributed by atoms with Gasteiger partial charge in [-0.2, -0.15) is 0 Å². The van der Waals surface area contributed by atoms with Crippen LogP contribution >= 0.6 is 0 Å². The van der Waals surface area contributed by atoms with Crippen LogP contribution in [0.2, 0.25) is 0 Å². The first-order valence-electron chi connectivity index (χ1n) is 7.73. The third-order valence-corrected chi connectivity index (χ3v) is 4.08. The lowest BCUT2D eigenvalue weighted by Gasteiger charge is -2.27. The van der Waals surface area contributed by atoms with Gasteiger partial charge in [-0.1, -0.05) is 12.1 Å². The van der Waals surface area contributed by atoms with Crippen molar-refractivity contribution in [3.05, 3.63) is 42.0 Å². The lowest BCUT2D eigenvalue weighted by Crippen LogP contribution is -2.42. The van der Waals surface area contributed by atoms with E-state index >= 15 is 0 Å². The smallest absolute Gasteiger partial charge is 0.161 e. The van der Waals surface area contributed by atoms with Crippen molar-refractivity contribution in [3.63, 3.8) is 0 Å². The fraction of sp³-hybridized carbons (Fsp3) is 0.471. The molecule has 3 rings (SSSR count). The summed E-state index contributed by atoms with van der Waals surface area (Å²) in [6.07, 6.45) is 1.95. The minimum atomic E-state index is 0.0444. The number of aromatic nitrogens is 2. The summed E-state index contributed by atoms with van der Waals surface area (Å²) >= 11 is 0. The lowest BCUT2D eigenvalue weighted by atomic mass is 10.2. The first-order valence-corrected chi connectivity index (χ1v) is 7.73. The normalized spacial score (nSPS) is 18.2. The van der Waals surface area contributed by atoms with E-state index in [0.717, 1.165) is 30.3 Å². The van der Waals surface area contributed by atoms with Crippen molar-refractivity contribution in [2.75, 3.05) is 13.2 Å². The molecule has 5 heteroatoms. The van der Waals surface area contributed by atoms with Crippen LogP contribution in [0.15, 0.2) is 30.6 Å². The molecule has 5 nitrogen and oxygen atoms in total. The van der Waals surface area contributed by atoms with Crippen molar-refractivity contribution in [2.45, 2.75) is 39.5 Å². The molecule has 0 saturated heterocycles. The van der Waals surface area contributed by atoms with Gasteiger partial charge in [0.05, 0.1) is 12.0 Å². The third-order valence-electron chi connectivity index (χ3n) is 4.08. The standard InChI is InChI=1S/C17H23N3O2/c1-12(9-20-11-19-13(2)14(20)3)18-8-15-10-21-16-6-4-5-7-17(16)22-15/h4-7,11-12,15,18H,8-10H2,1-3H3. The zero-order chi connectivity index (χ0) is 15.5. The van der Waals surface area contributed by atoms with Gasteiger partial charge in [0.2, 0.25) is 0 Å². The molecule has 1 aliphatic rings. The Balaban J connectivity index is 1.50. The molecule has 1 N–H and O–H groups in total. The molecule has 118 valence electrons. The second kappa shape index (κ2) is 6.40. The van der Waals surface area contributed by atoms with Gasteiger partial charge in [-0.15, -0.1) is 0 Å². The van der Waals surface area contributed by atoms with Crippen molar-refractivity contribution >= 4 is 0 Å². The molecule has 0 radical (unpaired) electrons. The number of nitrogens with zero attached hydrogens (tertiary/aromatic N) is 2. The van der Waals surface area contributed by atoms with Crippen LogP contribution in [0.3, 0.4) is 0 Å². The Hall–Kier alpha value is -2.01. The summed E-state index contributed by atoms with van der Waals surface area (Å²) in [5.41, 5.74) is 2.31. The maximum absolute atomic E-state index is 5.95. The molecule has 0 bridgehead atoms. The molecule has 0 amide bonds. The van der Waals surface area contributed by atoms with Gasteiger partial charge in [-0.25, -0.2) is 4.98 Å². The molecule has 1 aliphatic heterocycles. The highest BCUT2D eigenvalue weighted by molar-refractivity contribution is 5.40. The molecular formula is C17H23N3O2. The highest BCUT2D eigenvalue weighted by Crippen LogP contribution is 2.30. The van der Waals surface area contributed by atoms with E-state index in [1.54, 1.807) is 0 Å². The predicted octanol–water partition coefficient (Wildman–Crippen LogP) is 2.32. The lowest BCUT2D eigenvalue weighted by molar-refractivity contribution is 0.0881.